The summed E-state index contributed by atoms with van der Waals surface area (Å²) in [5.74, 6) is -1.41. The molecule has 0 N–H and O–H groups in total. The fourth-order valence-electron chi connectivity index (χ4n) is 2.96. The predicted octanol–water partition coefficient (Wildman–Crippen LogP) is 2.04. The number of hydrogen-bond donors (Lipinski definition) is 0. The van der Waals surface area contributed by atoms with Gasteiger partial charge in [-0.3, -0.25) is 0 Å². The molecule has 1 aromatic carbocycles. The summed E-state index contributed by atoms with van der Waals surface area (Å²) in [7, 11) is -0.863. The van der Waals surface area contributed by atoms with Crippen LogP contribution in [0.4, 0.5) is 5.69 Å². The van der Waals surface area contributed by atoms with Gasteiger partial charge in [0.25, 0.3) is 0 Å². The van der Waals surface area contributed by atoms with Crippen molar-refractivity contribution >= 4 is 27.6 Å². The Morgan fingerprint density at radius 3 is 2.36 bits per heavy atom. The van der Waals surface area contributed by atoms with Gasteiger partial charge < -0.3 is 14.4 Å². The number of esters is 2. The second-order valence-electron chi connectivity index (χ2n) is 7.13. The minimum absolute atomic E-state index is 0.00466. The smallest absolute Gasteiger partial charge is 0.344 e. The highest BCUT2D eigenvalue weighted by Crippen LogP contribution is 2.28. The van der Waals surface area contributed by atoms with Crippen LogP contribution in [-0.2, 0) is 24.3 Å². The Bertz CT molecular complexity index is 814. The lowest BCUT2D eigenvalue weighted by molar-refractivity contribution is -0.150. The van der Waals surface area contributed by atoms with Gasteiger partial charge in [0, 0.05) is 27.2 Å². The van der Waals surface area contributed by atoms with E-state index in [4.69, 9.17) is 9.47 Å². The van der Waals surface area contributed by atoms with Crippen molar-refractivity contribution in [3.05, 3.63) is 23.8 Å². The fourth-order valence-corrected chi connectivity index (χ4v) is 3.89. The molecule has 1 fully saturated rings. The molecular weight excluding hydrogens is 384 g/mol. The Morgan fingerprint density at radius 2 is 1.79 bits per heavy atom. The van der Waals surface area contributed by atoms with Crippen molar-refractivity contribution in [2.45, 2.75) is 44.1 Å². The molecule has 1 saturated heterocycles. The molecule has 2 rings (SSSR count). The van der Waals surface area contributed by atoms with Gasteiger partial charge in [-0.15, -0.1) is 0 Å². The van der Waals surface area contributed by atoms with Crippen LogP contribution >= 0.6 is 0 Å². The maximum absolute atomic E-state index is 12.7. The van der Waals surface area contributed by atoms with Gasteiger partial charge in [0.1, 0.15) is 0 Å². The standard InChI is InChI=1S/C19H28N2O6S/c1-14(2)27-18(22)13-26-19(23)16-12-15(28(24,25)20(3)4)8-9-17(16)21-10-6-5-7-11-21/h8-9,12,14H,5-7,10-11,13H2,1-4H3. The van der Waals surface area contributed by atoms with Crippen LogP contribution in [0.5, 0.6) is 0 Å². The van der Waals surface area contributed by atoms with Gasteiger partial charge in [-0.1, -0.05) is 0 Å². The van der Waals surface area contributed by atoms with Crippen LogP contribution in [0, 0.1) is 0 Å². The molecule has 1 heterocycles. The average Bonchev–Trinajstić information content (AvgIpc) is 2.65. The zero-order chi connectivity index (χ0) is 20.9. The molecule has 0 unspecified atom stereocenters. The number of carbonyl (C=O) groups excluding carboxylic acids is 2. The van der Waals surface area contributed by atoms with E-state index < -0.39 is 28.6 Å². The Balaban J connectivity index is 2.33. The Morgan fingerprint density at radius 1 is 1.14 bits per heavy atom. The number of rotatable bonds is 7. The topological polar surface area (TPSA) is 93.2 Å². The lowest BCUT2D eigenvalue weighted by atomic mass is 10.1. The van der Waals surface area contributed by atoms with E-state index in [9.17, 15) is 18.0 Å². The molecule has 0 saturated carbocycles. The van der Waals surface area contributed by atoms with Crippen LogP contribution in [0.1, 0.15) is 43.5 Å². The quantitative estimate of drug-likeness (QED) is 0.633. The lowest BCUT2D eigenvalue weighted by Crippen LogP contribution is -2.31. The normalized spacial score (nSPS) is 15.0. The minimum atomic E-state index is -3.71. The number of piperidine rings is 1. The maximum atomic E-state index is 12.7. The van der Waals surface area contributed by atoms with Crippen LogP contribution in [0.3, 0.4) is 0 Å². The van der Waals surface area contributed by atoms with Crippen molar-refractivity contribution in [3.8, 4) is 0 Å². The highest BCUT2D eigenvalue weighted by molar-refractivity contribution is 7.89. The van der Waals surface area contributed by atoms with Gasteiger partial charge in [-0.05, 0) is 51.3 Å². The van der Waals surface area contributed by atoms with Crippen molar-refractivity contribution in [2.75, 3.05) is 38.7 Å². The van der Waals surface area contributed by atoms with Gasteiger partial charge in [0.05, 0.1) is 22.3 Å². The minimum Gasteiger partial charge on any atom is -0.460 e. The number of carbonyl (C=O) groups is 2. The molecule has 1 aliphatic heterocycles. The molecule has 0 spiro atoms. The molecule has 0 atom stereocenters. The van der Waals surface area contributed by atoms with E-state index in [1.54, 1.807) is 19.9 Å². The molecule has 1 aromatic rings. The van der Waals surface area contributed by atoms with Crippen molar-refractivity contribution < 1.29 is 27.5 Å². The van der Waals surface area contributed by atoms with E-state index in [2.05, 4.69) is 0 Å². The van der Waals surface area contributed by atoms with E-state index >= 15 is 0 Å². The van der Waals surface area contributed by atoms with Crippen molar-refractivity contribution in [3.63, 3.8) is 0 Å². The van der Waals surface area contributed by atoms with Crippen LogP contribution in [0.2, 0.25) is 0 Å². The fraction of sp³-hybridized carbons (Fsp3) is 0.579. The molecule has 9 heteroatoms. The SMILES string of the molecule is CC(C)OC(=O)COC(=O)c1cc(S(=O)(=O)N(C)C)ccc1N1CCCCC1. The number of ether oxygens (including phenoxy) is 2. The highest BCUT2D eigenvalue weighted by Gasteiger charge is 2.25. The van der Waals surface area contributed by atoms with Crippen molar-refractivity contribution in [1.29, 1.82) is 0 Å². The first-order valence-corrected chi connectivity index (χ1v) is 10.7. The average molecular weight is 413 g/mol. The van der Waals surface area contributed by atoms with Gasteiger partial charge in [-0.25, -0.2) is 22.3 Å². The third kappa shape index (κ3) is 5.45. The molecule has 0 radical (unpaired) electrons. The Hall–Kier alpha value is -2.13. The van der Waals surface area contributed by atoms with Crippen molar-refractivity contribution in [2.24, 2.45) is 0 Å². The number of hydrogen-bond acceptors (Lipinski definition) is 7. The molecular formula is C19H28N2O6S. The van der Waals surface area contributed by atoms with E-state index in [0.717, 1.165) is 36.7 Å². The summed E-state index contributed by atoms with van der Waals surface area (Å²) in [4.78, 5) is 26.4. The predicted molar refractivity (Wildman–Crippen MR) is 105 cm³/mol. The first-order chi connectivity index (χ1) is 13.1. The number of benzene rings is 1. The summed E-state index contributed by atoms with van der Waals surface area (Å²) < 4.78 is 36.1. The highest BCUT2D eigenvalue weighted by atomic mass is 32.2. The Kier molecular flexibility index (Phi) is 7.42. The second kappa shape index (κ2) is 9.38. The third-order valence-corrected chi connectivity index (χ3v) is 6.16. The van der Waals surface area contributed by atoms with E-state index in [1.807, 2.05) is 4.90 Å². The van der Waals surface area contributed by atoms with Gasteiger partial charge >= 0.3 is 11.9 Å². The summed E-state index contributed by atoms with van der Waals surface area (Å²) in [5.41, 5.74) is 0.738. The zero-order valence-electron chi connectivity index (χ0n) is 16.8. The Labute approximate surface area is 166 Å². The third-order valence-electron chi connectivity index (χ3n) is 4.35. The van der Waals surface area contributed by atoms with Crippen LogP contribution in [0.25, 0.3) is 0 Å². The summed E-state index contributed by atoms with van der Waals surface area (Å²) in [6.07, 6.45) is 2.79. The second-order valence-corrected chi connectivity index (χ2v) is 9.28. The number of anilines is 1. The first-order valence-electron chi connectivity index (χ1n) is 9.31. The molecule has 8 nitrogen and oxygen atoms in total. The van der Waals surface area contributed by atoms with Crippen LogP contribution in [0.15, 0.2) is 23.1 Å². The van der Waals surface area contributed by atoms with Gasteiger partial charge in [-0.2, -0.15) is 0 Å². The molecule has 0 bridgehead atoms. The maximum Gasteiger partial charge on any atom is 0.344 e. The zero-order valence-corrected chi connectivity index (χ0v) is 17.6. The molecule has 0 aromatic heterocycles. The van der Waals surface area contributed by atoms with Gasteiger partial charge in [0.15, 0.2) is 6.61 Å². The molecule has 0 amide bonds. The van der Waals surface area contributed by atoms with Crippen molar-refractivity contribution in [1.82, 2.24) is 4.31 Å². The molecule has 28 heavy (non-hydrogen) atoms. The van der Waals surface area contributed by atoms with E-state index in [1.165, 1.54) is 26.2 Å². The number of nitrogens with zero attached hydrogens (tertiary/aromatic N) is 2. The molecule has 156 valence electrons. The number of sulfonamides is 1. The largest absolute Gasteiger partial charge is 0.460 e. The first kappa shape index (κ1) is 22.2. The van der Waals surface area contributed by atoms with E-state index in [0.29, 0.717) is 5.69 Å². The van der Waals surface area contributed by atoms with Crippen LogP contribution in [-0.4, -0.2) is 64.6 Å². The molecule has 0 aliphatic carbocycles. The lowest BCUT2D eigenvalue weighted by Gasteiger charge is -2.30. The summed E-state index contributed by atoms with van der Waals surface area (Å²) >= 11 is 0. The van der Waals surface area contributed by atoms with Crippen LogP contribution < -0.4 is 4.90 Å². The van der Waals surface area contributed by atoms with E-state index in [-0.39, 0.29) is 16.6 Å². The monoisotopic (exact) mass is 412 g/mol. The summed E-state index contributed by atoms with van der Waals surface area (Å²) in [6, 6.07) is 4.43. The van der Waals surface area contributed by atoms with Gasteiger partial charge in [0.2, 0.25) is 10.0 Å². The summed E-state index contributed by atoms with van der Waals surface area (Å²) in [6.45, 7) is 4.42. The summed E-state index contributed by atoms with van der Waals surface area (Å²) in [5, 5.41) is 0. The molecule has 1 aliphatic rings.